The number of fused-ring (bicyclic) bond motifs is 5. The summed E-state index contributed by atoms with van der Waals surface area (Å²) < 4.78 is 13.4. The van der Waals surface area contributed by atoms with E-state index in [-0.39, 0.29) is 18.1 Å². The van der Waals surface area contributed by atoms with E-state index in [2.05, 4.69) is 163 Å². The number of rotatable bonds is 6. The number of allylic oxidation sites excluding steroid dienone is 10. The maximum Gasteiger partial charge on any atom is 0.109 e. The van der Waals surface area contributed by atoms with Crippen molar-refractivity contribution >= 4 is 11.4 Å². The topological polar surface area (TPSA) is 21.7 Å². The fraction of sp³-hybridized carbons (Fsp3) is 0.292. The fourth-order valence-electron chi connectivity index (χ4n) is 9.86. The molecule has 3 aromatic carbocycles. The normalized spacial score (nSPS) is 32.5. The van der Waals surface area contributed by atoms with Crippen LogP contribution in [0.25, 0.3) is 11.1 Å². The summed E-state index contributed by atoms with van der Waals surface area (Å²) >= 11 is 0. The van der Waals surface area contributed by atoms with Gasteiger partial charge in [-0.05, 0) is 91.0 Å². The molecule has 1 saturated heterocycles. The molecule has 5 aliphatic carbocycles. The number of nitrogens with zero attached hydrogens (tertiary/aromatic N) is 1. The molecule has 254 valence electrons. The number of hydrogen-bond donors (Lipinski definition) is 0. The van der Waals surface area contributed by atoms with Crippen LogP contribution in [0.1, 0.15) is 43.6 Å². The lowest BCUT2D eigenvalue weighted by Gasteiger charge is -2.36. The van der Waals surface area contributed by atoms with Crippen molar-refractivity contribution in [3.63, 3.8) is 0 Å². The van der Waals surface area contributed by atoms with Gasteiger partial charge in [0.05, 0.1) is 12.2 Å². The molecule has 51 heavy (non-hydrogen) atoms. The molecule has 0 aromatic heterocycles. The van der Waals surface area contributed by atoms with Crippen LogP contribution in [0.4, 0.5) is 11.4 Å². The molecule has 0 amide bonds. The number of hydrogen-bond acceptors (Lipinski definition) is 3. The van der Waals surface area contributed by atoms with Crippen molar-refractivity contribution in [1.29, 1.82) is 0 Å². The zero-order valence-electron chi connectivity index (χ0n) is 29.0. The Morgan fingerprint density at radius 3 is 2.43 bits per heavy atom. The van der Waals surface area contributed by atoms with Crippen LogP contribution < -0.4 is 4.90 Å². The molecular weight excluding hydrogens is 623 g/mol. The highest BCUT2D eigenvalue weighted by atomic mass is 16.5. The monoisotopic (exact) mass is 667 g/mol. The summed E-state index contributed by atoms with van der Waals surface area (Å²) in [4.78, 5) is 2.44. The molecular formula is C48H45NO2. The van der Waals surface area contributed by atoms with Gasteiger partial charge in [0.2, 0.25) is 0 Å². The summed E-state index contributed by atoms with van der Waals surface area (Å²) in [5, 5.41) is 0. The van der Waals surface area contributed by atoms with Gasteiger partial charge in [0, 0.05) is 46.3 Å². The van der Waals surface area contributed by atoms with Gasteiger partial charge in [-0.2, -0.15) is 0 Å². The van der Waals surface area contributed by atoms with Gasteiger partial charge in [-0.15, -0.1) is 0 Å². The lowest BCUT2D eigenvalue weighted by Crippen LogP contribution is -2.34. The summed E-state index contributed by atoms with van der Waals surface area (Å²) in [7, 11) is 0. The van der Waals surface area contributed by atoms with Crippen LogP contribution in [-0.4, -0.2) is 18.3 Å². The minimum Gasteiger partial charge on any atom is -0.493 e. The van der Waals surface area contributed by atoms with Crippen molar-refractivity contribution in [3.8, 4) is 11.1 Å². The van der Waals surface area contributed by atoms with Gasteiger partial charge >= 0.3 is 0 Å². The summed E-state index contributed by atoms with van der Waals surface area (Å²) in [6.45, 7) is 0. The first-order chi connectivity index (χ1) is 25.3. The molecule has 9 unspecified atom stereocenters. The highest BCUT2D eigenvalue weighted by molar-refractivity contribution is 5.76. The van der Waals surface area contributed by atoms with Gasteiger partial charge < -0.3 is 14.4 Å². The van der Waals surface area contributed by atoms with E-state index in [1.165, 1.54) is 45.1 Å². The van der Waals surface area contributed by atoms with Gasteiger partial charge in [0.15, 0.2) is 0 Å². The minimum atomic E-state index is 0.218. The zero-order valence-corrected chi connectivity index (χ0v) is 29.0. The second-order valence-electron chi connectivity index (χ2n) is 15.2. The van der Waals surface area contributed by atoms with Crippen LogP contribution in [0.15, 0.2) is 175 Å². The number of anilines is 2. The molecule has 3 nitrogen and oxygen atoms in total. The Morgan fingerprint density at radius 1 is 0.667 bits per heavy atom. The first kappa shape index (κ1) is 30.9. The molecule has 1 fully saturated rings. The smallest absolute Gasteiger partial charge is 0.109 e. The van der Waals surface area contributed by atoms with Crippen molar-refractivity contribution in [2.45, 2.75) is 56.3 Å². The lowest BCUT2D eigenvalue weighted by molar-refractivity contribution is 0.0139. The summed E-state index contributed by atoms with van der Waals surface area (Å²) in [5.74, 6) is 3.72. The summed E-state index contributed by atoms with van der Waals surface area (Å²) in [6, 6.07) is 29.0. The predicted octanol–water partition coefficient (Wildman–Crippen LogP) is 11.3. The molecule has 2 heterocycles. The van der Waals surface area contributed by atoms with Gasteiger partial charge in [0.25, 0.3) is 0 Å². The van der Waals surface area contributed by atoms with E-state index >= 15 is 0 Å². The van der Waals surface area contributed by atoms with Gasteiger partial charge in [-0.3, -0.25) is 0 Å². The second-order valence-corrected chi connectivity index (χ2v) is 15.2. The number of ether oxygens (including phenoxy) is 2. The van der Waals surface area contributed by atoms with Gasteiger partial charge in [0.1, 0.15) is 11.9 Å². The van der Waals surface area contributed by atoms with Crippen LogP contribution >= 0.6 is 0 Å². The Hall–Kier alpha value is -4.86. The lowest BCUT2D eigenvalue weighted by atomic mass is 9.71. The Bertz CT molecular complexity index is 2040. The van der Waals surface area contributed by atoms with E-state index in [0.717, 1.165) is 32.1 Å². The average molecular weight is 668 g/mol. The maximum absolute atomic E-state index is 6.74. The zero-order chi connectivity index (χ0) is 33.7. The van der Waals surface area contributed by atoms with Crippen molar-refractivity contribution in [2.75, 3.05) is 4.90 Å². The fourth-order valence-corrected chi connectivity index (χ4v) is 9.86. The average Bonchev–Trinajstić information content (AvgIpc) is 3.78. The molecule has 3 heteroatoms. The van der Waals surface area contributed by atoms with Crippen molar-refractivity contribution in [1.82, 2.24) is 0 Å². The Labute approximate surface area is 302 Å². The van der Waals surface area contributed by atoms with Gasteiger partial charge in [-0.1, -0.05) is 128 Å². The van der Waals surface area contributed by atoms with E-state index in [9.17, 15) is 0 Å². The molecule has 0 saturated carbocycles. The SMILES string of the molecule is C1=CC2OC3C(C4C=CC(N(c5ccc(C6CC=CC7=C6OC6CCC=CC76)cc5)c5cccc(-c6ccccc6)c5)=CC4)C=CCC3C2C=C1. The van der Waals surface area contributed by atoms with Crippen molar-refractivity contribution in [2.24, 2.45) is 29.6 Å². The summed E-state index contributed by atoms with van der Waals surface area (Å²) in [6.07, 6.45) is 36.6. The highest BCUT2D eigenvalue weighted by Crippen LogP contribution is 2.49. The molecule has 3 aromatic rings. The molecule has 10 rings (SSSR count). The quantitative estimate of drug-likeness (QED) is 0.244. The molecule has 7 aliphatic rings. The third-order valence-electron chi connectivity index (χ3n) is 12.4. The van der Waals surface area contributed by atoms with Crippen LogP contribution in [0, 0.1) is 29.6 Å². The highest BCUT2D eigenvalue weighted by Gasteiger charge is 2.47. The van der Waals surface area contributed by atoms with Crippen molar-refractivity contribution in [3.05, 3.63) is 180 Å². The first-order valence-electron chi connectivity index (χ1n) is 19.1. The first-order valence-corrected chi connectivity index (χ1v) is 19.1. The summed E-state index contributed by atoms with van der Waals surface area (Å²) in [5.41, 5.74) is 8.71. The third kappa shape index (κ3) is 5.54. The predicted molar refractivity (Wildman–Crippen MR) is 207 cm³/mol. The van der Waals surface area contributed by atoms with E-state index in [1.54, 1.807) is 0 Å². The van der Waals surface area contributed by atoms with Gasteiger partial charge in [-0.25, -0.2) is 0 Å². The minimum absolute atomic E-state index is 0.218. The van der Waals surface area contributed by atoms with Crippen LogP contribution in [0.5, 0.6) is 0 Å². The van der Waals surface area contributed by atoms with Crippen LogP contribution in [0.3, 0.4) is 0 Å². The second kappa shape index (κ2) is 13.0. The van der Waals surface area contributed by atoms with Crippen molar-refractivity contribution < 1.29 is 9.47 Å². The Balaban J connectivity index is 0.957. The van der Waals surface area contributed by atoms with E-state index in [1.807, 2.05) is 0 Å². The van der Waals surface area contributed by atoms with Crippen LogP contribution in [-0.2, 0) is 9.47 Å². The standard InChI is InChI=1S/C48H45NO2/c1-2-11-32(12-3-1)35-13-8-14-38(31-35)49(36-27-23-33(24-28-36)39-17-9-19-43-41-15-4-6-21-45(41)50-47(39)43)37-29-25-34(26-30-37)40-18-10-20-44-42-16-5-7-22-46(42)51-48(40)44/h1-6,8-17,20-21,23,25-31,33,39-43,45-47H,7,18-19,22,24H2. The molecule has 0 spiro atoms. The van der Waals surface area contributed by atoms with E-state index in [0.29, 0.717) is 35.7 Å². The number of benzene rings is 3. The molecule has 0 bridgehead atoms. The third-order valence-corrected chi connectivity index (χ3v) is 12.4. The molecule has 0 radical (unpaired) electrons. The largest absolute Gasteiger partial charge is 0.493 e. The Kier molecular flexibility index (Phi) is 7.90. The Morgan fingerprint density at radius 2 is 1.55 bits per heavy atom. The molecule has 9 atom stereocenters. The van der Waals surface area contributed by atoms with E-state index in [4.69, 9.17) is 9.47 Å². The maximum atomic E-state index is 6.74. The van der Waals surface area contributed by atoms with Crippen LogP contribution in [0.2, 0.25) is 0 Å². The molecule has 2 aliphatic heterocycles. The van der Waals surface area contributed by atoms with E-state index < -0.39 is 0 Å². The molecule has 0 N–H and O–H groups in total.